The Hall–Kier alpha value is -0.910. The third-order valence-electron chi connectivity index (χ3n) is 11.7. The molecule has 0 bridgehead atoms. The quantitative estimate of drug-likeness (QED) is 0.439. The molecule has 0 aromatic carbocycles. The van der Waals surface area contributed by atoms with Crippen LogP contribution in [0.15, 0.2) is 11.6 Å². The van der Waals surface area contributed by atoms with Gasteiger partial charge in [0.05, 0.1) is 19.3 Å². The predicted molar refractivity (Wildman–Crippen MR) is 129 cm³/mol. The van der Waals surface area contributed by atoms with Crippen molar-refractivity contribution >= 4 is 5.97 Å². The van der Waals surface area contributed by atoms with E-state index in [0.29, 0.717) is 41.6 Å². The Morgan fingerprint density at radius 1 is 1.18 bits per heavy atom. The fraction of sp³-hybridized carbons (Fsp3) is 0.897. The lowest BCUT2D eigenvalue weighted by atomic mass is 9.46. The zero-order valence-electron chi connectivity index (χ0n) is 21.6. The SMILES string of the molecule is CC(=O)O[C@H]1CC[C@@]2(CO)C(=CC[C@@H]3[C@@H]2CC[C@]2(C)[C@@H]4[C@H](C[C@@H]32)O[C@]2(CC[C@@H](C)CO2)[C@H]4C)C1. The van der Waals surface area contributed by atoms with Gasteiger partial charge in [-0.05, 0) is 80.0 Å². The molecule has 2 saturated heterocycles. The summed E-state index contributed by atoms with van der Waals surface area (Å²) in [5.41, 5.74) is 1.54. The Balaban J connectivity index is 1.25. The number of hydrogen-bond acceptors (Lipinski definition) is 5. The first kappa shape index (κ1) is 23.5. The van der Waals surface area contributed by atoms with E-state index >= 15 is 0 Å². The molecule has 1 spiro atoms. The van der Waals surface area contributed by atoms with E-state index in [2.05, 4.69) is 26.8 Å². The molecule has 4 aliphatic carbocycles. The molecule has 5 fully saturated rings. The van der Waals surface area contributed by atoms with Gasteiger partial charge in [-0.15, -0.1) is 0 Å². The van der Waals surface area contributed by atoms with Gasteiger partial charge >= 0.3 is 5.97 Å². The van der Waals surface area contributed by atoms with Crippen molar-refractivity contribution in [3.05, 3.63) is 11.6 Å². The van der Waals surface area contributed by atoms with Crippen molar-refractivity contribution in [1.29, 1.82) is 0 Å². The van der Waals surface area contributed by atoms with Gasteiger partial charge in [-0.2, -0.15) is 0 Å². The summed E-state index contributed by atoms with van der Waals surface area (Å²) in [6.45, 7) is 9.81. The number of fused-ring (bicyclic) bond motifs is 7. The normalized spacial score (nSPS) is 54.0. The smallest absolute Gasteiger partial charge is 0.302 e. The van der Waals surface area contributed by atoms with E-state index in [0.717, 1.165) is 45.1 Å². The maximum Gasteiger partial charge on any atom is 0.302 e. The Kier molecular flexibility index (Phi) is 5.56. The molecule has 6 aliphatic rings. The summed E-state index contributed by atoms with van der Waals surface area (Å²) in [7, 11) is 0. The van der Waals surface area contributed by atoms with Gasteiger partial charge in [-0.25, -0.2) is 0 Å². The number of aliphatic hydroxyl groups excluding tert-OH is 1. The molecule has 0 amide bonds. The van der Waals surface area contributed by atoms with Crippen LogP contribution in [0.25, 0.3) is 0 Å². The van der Waals surface area contributed by atoms with Crippen molar-refractivity contribution in [3.8, 4) is 0 Å². The first-order valence-electron chi connectivity index (χ1n) is 14.0. The lowest BCUT2D eigenvalue weighted by Gasteiger charge is -2.59. The summed E-state index contributed by atoms with van der Waals surface area (Å²) in [5.74, 6) is 2.90. The first-order valence-corrected chi connectivity index (χ1v) is 14.0. The zero-order valence-corrected chi connectivity index (χ0v) is 21.6. The summed E-state index contributed by atoms with van der Waals surface area (Å²) < 4.78 is 18.9. The summed E-state index contributed by atoms with van der Waals surface area (Å²) in [6.07, 6.45) is 12.2. The number of ether oxygens (including phenoxy) is 3. The molecule has 1 N–H and O–H groups in total. The van der Waals surface area contributed by atoms with E-state index in [1.807, 2.05) is 0 Å². The molecule has 2 heterocycles. The molecule has 3 saturated carbocycles. The zero-order chi connectivity index (χ0) is 23.9. The predicted octanol–water partition coefficient (Wildman–Crippen LogP) is 5.26. The minimum absolute atomic E-state index is 0.0247. The van der Waals surface area contributed by atoms with Crippen LogP contribution in [0.2, 0.25) is 0 Å². The Labute approximate surface area is 205 Å². The third kappa shape index (κ3) is 3.18. The van der Waals surface area contributed by atoms with Crippen LogP contribution < -0.4 is 0 Å². The summed E-state index contributed by atoms with van der Waals surface area (Å²) in [5, 5.41) is 10.8. The van der Waals surface area contributed by atoms with E-state index in [9.17, 15) is 9.90 Å². The minimum Gasteiger partial charge on any atom is -0.462 e. The van der Waals surface area contributed by atoms with Crippen LogP contribution in [0, 0.1) is 46.3 Å². The van der Waals surface area contributed by atoms with E-state index in [1.165, 1.54) is 31.8 Å². The summed E-state index contributed by atoms with van der Waals surface area (Å²) in [4.78, 5) is 11.5. The lowest BCUT2D eigenvalue weighted by Crippen LogP contribution is -2.54. The minimum atomic E-state index is -0.353. The van der Waals surface area contributed by atoms with Crippen molar-refractivity contribution < 1.29 is 24.1 Å². The number of hydrogen-bond donors (Lipinski definition) is 1. The topological polar surface area (TPSA) is 65.0 Å². The van der Waals surface area contributed by atoms with E-state index in [4.69, 9.17) is 14.2 Å². The molecule has 5 heteroatoms. The average Bonchev–Trinajstić information content (AvgIpc) is 3.25. The molecule has 34 heavy (non-hydrogen) atoms. The van der Waals surface area contributed by atoms with Crippen LogP contribution in [0.4, 0.5) is 0 Å². The first-order chi connectivity index (χ1) is 16.2. The van der Waals surface area contributed by atoms with E-state index in [-0.39, 0.29) is 35.3 Å². The molecule has 190 valence electrons. The molecule has 0 unspecified atom stereocenters. The highest BCUT2D eigenvalue weighted by Crippen LogP contribution is 2.70. The number of rotatable bonds is 2. The fourth-order valence-corrected chi connectivity index (χ4v) is 10.1. The second kappa shape index (κ2) is 8.05. The van der Waals surface area contributed by atoms with Crippen molar-refractivity contribution in [3.63, 3.8) is 0 Å². The molecule has 11 atom stereocenters. The Morgan fingerprint density at radius 2 is 2.00 bits per heavy atom. The summed E-state index contributed by atoms with van der Waals surface area (Å²) in [6, 6.07) is 0. The molecular formula is C29H44O5. The maximum atomic E-state index is 11.5. The Morgan fingerprint density at radius 3 is 2.71 bits per heavy atom. The third-order valence-corrected chi connectivity index (χ3v) is 11.7. The van der Waals surface area contributed by atoms with Crippen LogP contribution in [0.5, 0.6) is 0 Å². The Bertz CT molecular complexity index is 859. The average molecular weight is 473 g/mol. The highest BCUT2D eigenvalue weighted by Gasteiger charge is 2.69. The lowest BCUT2D eigenvalue weighted by molar-refractivity contribution is -0.272. The van der Waals surface area contributed by atoms with Crippen LogP contribution in [0.3, 0.4) is 0 Å². The second-order valence-corrected chi connectivity index (χ2v) is 13.1. The van der Waals surface area contributed by atoms with Crippen LogP contribution >= 0.6 is 0 Å². The molecule has 0 aromatic rings. The van der Waals surface area contributed by atoms with Gasteiger partial charge in [0.15, 0.2) is 5.79 Å². The number of carbonyl (C=O) groups excluding carboxylic acids is 1. The number of aliphatic hydroxyl groups is 1. The molecule has 0 aromatic heterocycles. The number of allylic oxidation sites excluding steroid dienone is 1. The highest BCUT2D eigenvalue weighted by molar-refractivity contribution is 5.66. The molecule has 5 nitrogen and oxygen atoms in total. The molecule has 2 aliphatic heterocycles. The maximum absolute atomic E-state index is 11.5. The monoisotopic (exact) mass is 472 g/mol. The van der Waals surface area contributed by atoms with Gasteiger partial charge in [0.1, 0.15) is 6.10 Å². The summed E-state index contributed by atoms with van der Waals surface area (Å²) >= 11 is 0. The highest BCUT2D eigenvalue weighted by atomic mass is 16.7. The molecule has 0 radical (unpaired) electrons. The van der Waals surface area contributed by atoms with Gasteiger partial charge in [-0.1, -0.05) is 32.4 Å². The van der Waals surface area contributed by atoms with Crippen molar-refractivity contribution in [2.45, 2.75) is 103 Å². The molecule has 6 rings (SSSR count). The standard InChI is InChI=1S/C29H44O5/c1-17-7-12-29(32-15-17)18(2)26-25(34-29)14-24-22-6-5-20-13-21(33-19(3)31)8-11-28(20,16-30)23(22)9-10-27(24,26)4/h5,17-18,21-26,30H,6-16H2,1-4H3/t17-,18+,21+,22-,23+,24+,25+,26+,27+,28-,29-/m1/s1. The van der Waals surface area contributed by atoms with Gasteiger partial charge in [0.2, 0.25) is 0 Å². The van der Waals surface area contributed by atoms with Gasteiger partial charge in [0, 0.05) is 31.1 Å². The van der Waals surface area contributed by atoms with E-state index in [1.54, 1.807) is 0 Å². The van der Waals surface area contributed by atoms with Crippen molar-refractivity contribution in [2.24, 2.45) is 46.3 Å². The molecular weight excluding hydrogens is 428 g/mol. The number of esters is 1. The fourth-order valence-electron chi connectivity index (χ4n) is 10.1. The van der Waals surface area contributed by atoms with Crippen LogP contribution in [-0.4, -0.2) is 42.3 Å². The second-order valence-electron chi connectivity index (χ2n) is 13.1. The van der Waals surface area contributed by atoms with Gasteiger partial charge < -0.3 is 19.3 Å². The van der Waals surface area contributed by atoms with E-state index < -0.39 is 0 Å². The van der Waals surface area contributed by atoms with Gasteiger partial charge in [0.25, 0.3) is 0 Å². The van der Waals surface area contributed by atoms with Crippen molar-refractivity contribution in [2.75, 3.05) is 13.2 Å². The number of carbonyl (C=O) groups is 1. The van der Waals surface area contributed by atoms with Crippen LogP contribution in [0.1, 0.15) is 85.5 Å². The van der Waals surface area contributed by atoms with Crippen LogP contribution in [-0.2, 0) is 19.0 Å². The van der Waals surface area contributed by atoms with Crippen molar-refractivity contribution in [1.82, 2.24) is 0 Å². The largest absolute Gasteiger partial charge is 0.462 e. The van der Waals surface area contributed by atoms with Gasteiger partial charge in [-0.3, -0.25) is 4.79 Å².